The van der Waals surface area contributed by atoms with E-state index in [-0.39, 0.29) is 12.5 Å². The fourth-order valence-corrected chi connectivity index (χ4v) is 5.29. The van der Waals surface area contributed by atoms with Crippen molar-refractivity contribution in [3.63, 3.8) is 0 Å². The van der Waals surface area contributed by atoms with Gasteiger partial charge < -0.3 is 10.1 Å². The summed E-state index contributed by atoms with van der Waals surface area (Å²) in [7, 11) is 0. The summed E-state index contributed by atoms with van der Waals surface area (Å²) >= 11 is 3.08. The summed E-state index contributed by atoms with van der Waals surface area (Å²) in [5.41, 5.74) is 1.84. The van der Waals surface area contributed by atoms with Crippen molar-refractivity contribution >= 4 is 46.0 Å². The Balaban J connectivity index is 1.87. The summed E-state index contributed by atoms with van der Waals surface area (Å²) in [6, 6.07) is 7.41. The predicted octanol–water partition coefficient (Wildman–Crippen LogP) is 4.88. The molecule has 0 fully saturated rings. The van der Waals surface area contributed by atoms with E-state index >= 15 is 0 Å². The van der Waals surface area contributed by atoms with E-state index in [4.69, 9.17) is 4.74 Å². The molecule has 2 N–H and O–H groups in total. The number of carbonyl (C=O) groups excluding carboxylic acids is 3. The van der Waals surface area contributed by atoms with Gasteiger partial charge in [-0.05, 0) is 62.1 Å². The van der Waals surface area contributed by atoms with Crippen molar-refractivity contribution in [2.75, 3.05) is 17.7 Å². The number of rotatable bonds is 6. The Morgan fingerprint density at radius 1 is 1.14 bits per heavy atom. The number of amides is 3. The quantitative estimate of drug-likeness (QED) is 0.636. The van der Waals surface area contributed by atoms with Crippen LogP contribution in [0.3, 0.4) is 0 Å². The summed E-state index contributed by atoms with van der Waals surface area (Å²) in [6.45, 7) is 3.91. The standard InChI is InChI=1S/C21H24N2O4S2/c1-3-27-21(26)23-19(25)17-15-10-5-6-11-16(15)29-20(17)22-18(24)13-8-7-9-14(12-13)28-4-2/h7-9,12H,3-6,10-11H2,1-2H3,(H,22,24)(H,23,25,26). The Labute approximate surface area is 178 Å². The van der Waals surface area contributed by atoms with E-state index in [0.29, 0.717) is 16.1 Å². The Kier molecular flexibility index (Phi) is 7.33. The number of thioether (sulfide) groups is 1. The average molecular weight is 433 g/mol. The first kappa shape index (κ1) is 21.4. The van der Waals surface area contributed by atoms with Crippen LogP contribution in [0.15, 0.2) is 29.2 Å². The van der Waals surface area contributed by atoms with Gasteiger partial charge in [0.15, 0.2) is 0 Å². The van der Waals surface area contributed by atoms with Gasteiger partial charge >= 0.3 is 6.09 Å². The van der Waals surface area contributed by atoms with E-state index < -0.39 is 12.0 Å². The van der Waals surface area contributed by atoms with Crippen LogP contribution in [0.1, 0.15) is 57.8 Å². The van der Waals surface area contributed by atoms with Gasteiger partial charge in [0, 0.05) is 15.3 Å². The average Bonchev–Trinajstić information content (AvgIpc) is 3.06. The van der Waals surface area contributed by atoms with Crippen molar-refractivity contribution in [3.05, 3.63) is 45.8 Å². The highest BCUT2D eigenvalue weighted by molar-refractivity contribution is 7.99. The van der Waals surface area contributed by atoms with Gasteiger partial charge in [-0.15, -0.1) is 23.1 Å². The van der Waals surface area contributed by atoms with Crippen molar-refractivity contribution in [2.45, 2.75) is 44.4 Å². The second kappa shape index (κ2) is 9.93. The number of thiophene rings is 1. The van der Waals surface area contributed by atoms with Crippen molar-refractivity contribution in [3.8, 4) is 0 Å². The topological polar surface area (TPSA) is 84.5 Å². The number of fused-ring (bicyclic) bond motifs is 1. The van der Waals surface area contributed by atoms with Crippen LogP contribution in [-0.4, -0.2) is 30.3 Å². The summed E-state index contributed by atoms with van der Waals surface area (Å²) in [6.07, 6.45) is 2.88. The summed E-state index contributed by atoms with van der Waals surface area (Å²) in [4.78, 5) is 39.5. The van der Waals surface area contributed by atoms with E-state index in [1.807, 2.05) is 18.2 Å². The van der Waals surface area contributed by atoms with Gasteiger partial charge in [-0.1, -0.05) is 13.0 Å². The molecule has 6 nitrogen and oxygen atoms in total. The first-order valence-corrected chi connectivity index (χ1v) is 11.5. The van der Waals surface area contributed by atoms with Crippen LogP contribution in [0.25, 0.3) is 0 Å². The predicted molar refractivity (Wildman–Crippen MR) is 116 cm³/mol. The molecule has 1 heterocycles. The minimum Gasteiger partial charge on any atom is -0.450 e. The highest BCUT2D eigenvalue weighted by atomic mass is 32.2. The van der Waals surface area contributed by atoms with Gasteiger partial charge in [0.05, 0.1) is 12.2 Å². The first-order valence-electron chi connectivity index (χ1n) is 9.70. The van der Waals surface area contributed by atoms with E-state index in [1.54, 1.807) is 24.8 Å². The van der Waals surface area contributed by atoms with Crippen LogP contribution in [-0.2, 0) is 17.6 Å². The molecule has 1 aromatic heterocycles. The molecule has 0 unspecified atom stereocenters. The maximum atomic E-state index is 12.8. The lowest BCUT2D eigenvalue weighted by Crippen LogP contribution is -2.32. The van der Waals surface area contributed by atoms with E-state index in [1.165, 1.54) is 11.3 Å². The fraction of sp³-hybridized carbons (Fsp3) is 0.381. The molecule has 0 bridgehead atoms. The molecule has 1 aromatic carbocycles. The van der Waals surface area contributed by atoms with E-state index in [2.05, 4.69) is 17.6 Å². The van der Waals surface area contributed by atoms with Crippen LogP contribution < -0.4 is 10.6 Å². The lowest BCUT2D eigenvalue weighted by Gasteiger charge is -2.13. The molecule has 1 aliphatic rings. The molecule has 3 amide bonds. The number of aryl methyl sites for hydroxylation is 1. The maximum absolute atomic E-state index is 12.8. The highest BCUT2D eigenvalue weighted by Gasteiger charge is 2.27. The van der Waals surface area contributed by atoms with Gasteiger partial charge in [0.25, 0.3) is 11.8 Å². The molecular formula is C21H24N2O4S2. The SMILES string of the molecule is CCOC(=O)NC(=O)c1c(NC(=O)c2cccc(SCC)c2)sc2c1CCCC2. The van der Waals surface area contributed by atoms with Gasteiger partial charge in [0.1, 0.15) is 5.00 Å². The number of benzene rings is 1. The lowest BCUT2D eigenvalue weighted by atomic mass is 9.95. The number of anilines is 1. The summed E-state index contributed by atoms with van der Waals surface area (Å²) in [5, 5.41) is 5.65. The Morgan fingerprint density at radius 2 is 1.93 bits per heavy atom. The zero-order valence-corrected chi connectivity index (χ0v) is 18.1. The molecule has 3 rings (SSSR count). The van der Waals surface area contributed by atoms with Gasteiger partial charge in [-0.25, -0.2) is 4.79 Å². The number of hydrogen-bond donors (Lipinski definition) is 2. The maximum Gasteiger partial charge on any atom is 0.414 e. The minimum atomic E-state index is -0.783. The Hall–Kier alpha value is -2.32. The fourth-order valence-electron chi connectivity index (χ4n) is 3.29. The molecule has 1 aliphatic carbocycles. The molecule has 0 saturated heterocycles. The number of alkyl carbamates (subject to hydrolysis) is 1. The number of ether oxygens (including phenoxy) is 1. The van der Waals surface area contributed by atoms with Crippen LogP contribution in [0, 0.1) is 0 Å². The molecular weight excluding hydrogens is 408 g/mol. The van der Waals surface area contributed by atoms with Crippen molar-refractivity contribution in [1.82, 2.24) is 5.32 Å². The summed E-state index contributed by atoms with van der Waals surface area (Å²) in [5.74, 6) is 0.113. The third-order valence-electron chi connectivity index (χ3n) is 4.52. The van der Waals surface area contributed by atoms with Crippen LogP contribution in [0.5, 0.6) is 0 Å². The molecule has 8 heteroatoms. The molecule has 2 aromatic rings. The van der Waals surface area contributed by atoms with Crippen LogP contribution in [0.2, 0.25) is 0 Å². The Morgan fingerprint density at radius 3 is 2.69 bits per heavy atom. The van der Waals surface area contributed by atoms with Gasteiger partial charge in [0.2, 0.25) is 0 Å². The third-order valence-corrected chi connectivity index (χ3v) is 6.61. The molecule has 0 aliphatic heterocycles. The van der Waals surface area contributed by atoms with Crippen molar-refractivity contribution in [1.29, 1.82) is 0 Å². The molecule has 0 spiro atoms. The molecule has 0 saturated carbocycles. The zero-order chi connectivity index (χ0) is 20.8. The second-order valence-corrected chi connectivity index (χ2v) is 8.95. The van der Waals surface area contributed by atoms with E-state index in [9.17, 15) is 14.4 Å². The number of hydrogen-bond acceptors (Lipinski definition) is 6. The van der Waals surface area contributed by atoms with Crippen molar-refractivity contribution in [2.24, 2.45) is 0 Å². The number of carbonyl (C=O) groups is 3. The van der Waals surface area contributed by atoms with E-state index in [0.717, 1.165) is 46.8 Å². The largest absolute Gasteiger partial charge is 0.450 e. The monoisotopic (exact) mass is 432 g/mol. The Bertz CT molecular complexity index is 923. The molecule has 154 valence electrons. The zero-order valence-electron chi connectivity index (χ0n) is 16.5. The smallest absolute Gasteiger partial charge is 0.414 e. The van der Waals surface area contributed by atoms with Crippen molar-refractivity contribution < 1.29 is 19.1 Å². The van der Waals surface area contributed by atoms with Crippen LogP contribution in [0.4, 0.5) is 9.80 Å². The lowest BCUT2D eigenvalue weighted by molar-refractivity contribution is 0.0925. The number of nitrogens with one attached hydrogen (secondary N) is 2. The van der Waals surface area contributed by atoms with Crippen LogP contribution >= 0.6 is 23.1 Å². The van der Waals surface area contributed by atoms with Gasteiger partial charge in [-0.3, -0.25) is 14.9 Å². The molecule has 0 radical (unpaired) electrons. The van der Waals surface area contributed by atoms with Gasteiger partial charge in [-0.2, -0.15) is 0 Å². The third kappa shape index (κ3) is 5.19. The molecule has 0 atom stereocenters. The minimum absolute atomic E-state index is 0.177. The summed E-state index contributed by atoms with van der Waals surface area (Å²) < 4.78 is 4.82. The highest BCUT2D eigenvalue weighted by Crippen LogP contribution is 2.38. The number of imide groups is 1. The second-order valence-electron chi connectivity index (χ2n) is 6.50. The molecule has 29 heavy (non-hydrogen) atoms. The normalized spacial score (nSPS) is 12.8. The first-order chi connectivity index (χ1) is 14.0.